The number of carbonyl (C=O) groups excluding carboxylic acids is 1. The van der Waals surface area contributed by atoms with Crippen molar-refractivity contribution in [2.75, 3.05) is 49.1 Å². The van der Waals surface area contributed by atoms with E-state index in [2.05, 4.69) is 47.9 Å². The molecule has 148 valence electrons. The summed E-state index contributed by atoms with van der Waals surface area (Å²) in [7, 11) is 0. The molecule has 0 radical (unpaired) electrons. The number of hydrogen-bond acceptors (Lipinski definition) is 4. The van der Waals surface area contributed by atoms with Gasteiger partial charge in [-0.2, -0.15) is 0 Å². The molecule has 0 unspecified atom stereocenters. The average molecular weight is 379 g/mol. The second-order valence-electron chi connectivity index (χ2n) is 8.17. The summed E-state index contributed by atoms with van der Waals surface area (Å²) in [6, 6.07) is 14.6. The SMILES string of the molecule is Cc1ccc(N2CCN(c3cccc(C(=O)N4CCC(C)CC4)n3)CC2)cc1. The molecule has 0 saturated carbocycles. The molecule has 0 N–H and O–H groups in total. The second kappa shape index (κ2) is 8.21. The highest BCUT2D eigenvalue weighted by molar-refractivity contribution is 5.92. The van der Waals surface area contributed by atoms with Gasteiger partial charge in [0.05, 0.1) is 0 Å². The number of likely N-dealkylation sites (tertiary alicyclic amines) is 1. The predicted molar refractivity (Wildman–Crippen MR) is 114 cm³/mol. The van der Waals surface area contributed by atoms with Gasteiger partial charge in [-0.25, -0.2) is 4.98 Å². The van der Waals surface area contributed by atoms with E-state index in [1.54, 1.807) is 0 Å². The monoisotopic (exact) mass is 378 g/mol. The van der Waals surface area contributed by atoms with Crippen LogP contribution < -0.4 is 9.80 Å². The molecule has 3 heterocycles. The fourth-order valence-electron chi connectivity index (χ4n) is 4.04. The number of anilines is 2. The summed E-state index contributed by atoms with van der Waals surface area (Å²) in [5.41, 5.74) is 3.14. The summed E-state index contributed by atoms with van der Waals surface area (Å²) < 4.78 is 0. The van der Waals surface area contributed by atoms with Crippen molar-refractivity contribution in [1.82, 2.24) is 9.88 Å². The molecule has 0 spiro atoms. The topological polar surface area (TPSA) is 39.7 Å². The summed E-state index contributed by atoms with van der Waals surface area (Å²) in [4.78, 5) is 24.2. The van der Waals surface area contributed by atoms with Gasteiger partial charge in [0, 0.05) is 45.0 Å². The van der Waals surface area contributed by atoms with Gasteiger partial charge in [-0.15, -0.1) is 0 Å². The molecule has 1 aromatic carbocycles. The normalized spacial score (nSPS) is 18.4. The zero-order valence-electron chi connectivity index (χ0n) is 17.0. The van der Waals surface area contributed by atoms with Crippen LogP contribution in [0.5, 0.6) is 0 Å². The molecule has 1 amide bonds. The first kappa shape index (κ1) is 18.8. The summed E-state index contributed by atoms with van der Waals surface area (Å²) in [6.45, 7) is 9.84. The molecule has 0 bridgehead atoms. The number of rotatable bonds is 3. The van der Waals surface area contributed by atoms with Gasteiger partial charge in [0.15, 0.2) is 0 Å². The van der Waals surface area contributed by atoms with E-state index in [0.717, 1.165) is 57.9 Å². The molecule has 2 aromatic rings. The van der Waals surface area contributed by atoms with Crippen molar-refractivity contribution in [2.45, 2.75) is 26.7 Å². The Hall–Kier alpha value is -2.56. The lowest BCUT2D eigenvalue weighted by Gasteiger charge is -2.37. The van der Waals surface area contributed by atoms with Gasteiger partial charge in [0.25, 0.3) is 5.91 Å². The smallest absolute Gasteiger partial charge is 0.272 e. The number of piperazine rings is 1. The van der Waals surface area contributed by atoms with Crippen molar-refractivity contribution in [1.29, 1.82) is 0 Å². The lowest BCUT2D eigenvalue weighted by atomic mass is 9.99. The highest BCUT2D eigenvalue weighted by atomic mass is 16.2. The molecule has 2 saturated heterocycles. The van der Waals surface area contributed by atoms with E-state index in [9.17, 15) is 4.79 Å². The highest BCUT2D eigenvalue weighted by Gasteiger charge is 2.24. The van der Waals surface area contributed by atoms with Crippen LogP contribution in [0.3, 0.4) is 0 Å². The van der Waals surface area contributed by atoms with Crippen LogP contribution in [0, 0.1) is 12.8 Å². The molecular weight excluding hydrogens is 348 g/mol. The summed E-state index contributed by atoms with van der Waals surface area (Å²) in [6.07, 6.45) is 2.18. The Morgan fingerprint density at radius 2 is 1.54 bits per heavy atom. The van der Waals surface area contributed by atoms with Crippen molar-refractivity contribution in [3.05, 3.63) is 53.7 Å². The van der Waals surface area contributed by atoms with E-state index in [1.165, 1.54) is 11.3 Å². The first-order chi connectivity index (χ1) is 13.6. The standard InChI is InChI=1S/C23H30N4O/c1-18-6-8-20(9-7-18)25-14-16-26(17-15-25)22-5-3-4-21(24-22)23(28)27-12-10-19(2)11-13-27/h3-9,19H,10-17H2,1-2H3. The maximum Gasteiger partial charge on any atom is 0.272 e. The van der Waals surface area contributed by atoms with Gasteiger partial charge in [-0.3, -0.25) is 4.79 Å². The third-order valence-corrected chi connectivity index (χ3v) is 6.03. The largest absolute Gasteiger partial charge is 0.368 e. The summed E-state index contributed by atoms with van der Waals surface area (Å²) >= 11 is 0. The molecular formula is C23H30N4O. The molecule has 2 aliphatic heterocycles. The first-order valence-corrected chi connectivity index (χ1v) is 10.4. The van der Waals surface area contributed by atoms with Crippen LogP contribution in [0.15, 0.2) is 42.5 Å². The van der Waals surface area contributed by atoms with E-state index in [-0.39, 0.29) is 5.91 Å². The molecule has 0 atom stereocenters. The van der Waals surface area contributed by atoms with Crippen LogP contribution in [-0.4, -0.2) is 55.1 Å². The van der Waals surface area contributed by atoms with Crippen LogP contribution in [0.2, 0.25) is 0 Å². The molecule has 4 rings (SSSR count). The fraction of sp³-hybridized carbons (Fsp3) is 0.478. The second-order valence-corrected chi connectivity index (χ2v) is 8.17. The minimum atomic E-state index is 0.0760. The van der Waals surface area contributed by atoms with Crippen LogP contribution in [0.25, 0.3) is 0 Å². The van der Waals surface area contributed by atoms with Crippen LogP contribution in [0.1, 0.15) is 35.8 Å². The molecule has 0 aliphatic carbocycles. The highest BCUT2D eigenvalue weighted by Crippen LogP contribution is 2.21. The van der Waals surface area contributed by atoms with Gasteiger partial charge in [-0.05, 0) is 49.9 Å². The number of hydrogen-bond donors (Lipinski definition) is 0. The number of benzene rings is 1. The Labute approximate surface area is 168 Å². The van der Waals surface area contributed by atoms with Gasteiger partial charge in [0.2, 0.25) is 0 Å². The molecule has 2 aliphatic rings. The quantitative estimate of drug-likeness (QED) is 0.818. The number of piperidine rings is 1. The Morgan fingerprint density at radius 1 is 0.893 bits per heavy atom. The Bertz CT molecular complexity index is 804. The van der Waals surface area contributed by atoms with Gasteiger partial charge >= 0.3 is 0 Å². The minimum Gasteiger partial charge on any atom is -0.368 e. The molecule has 1 aromatic heterocycles. The number of amides is 1. The number of carbonyl (C=O) groups is 1. The maximum absolute atomic E-state index is 12.8. The summed E-state index contributed by atoms with van der Waals surface area (Å²) in [5.74, 6) is 1.71. The predicted octanol–water partition coefficient (Wildman–Crippen LogP) is 3.59. The van der Waals surface area contributed by atoms with Gasteiger partial charge in [-0.1, -0.05) is 30.7 Å². The van der Waals surface area contributed by atoms with E-state index < -0.39 is 0 Å². The van der Waals surface area contributed by atoms with E-state index in [1.807, 2.05) is 23.1 Å². The van der Waals surface area contributed by atoms with Crippen molar-refractivity contribution in [2.24, 2.45) is 5.92 Å². The van der Waals surface area contributed by atoms with Crippen molar-refractivity contribution in [3.8, 4) is 0 Å². The fourth-order valence-corrected chi connectivity index (χ4v) is 4.04. The van der Waals surface area contributed by atoms with Crippen molar-refractivity contribution in [3.63, 3.8) is 0 Å². The van der Waals surface area contributed by atoms with Gasteiger partial charge < -0.3 is 14.7 Å². The average Bonchev–Trinajstić information content (AvgIpc) is 2.75. The Morgan fingerprint density at radius 3 is 2.21 bits per heavy atom. The van der Waals surface area contributed by atoms with Crippen molar-refractivity contribution < 1.29 is 4.79 Å². The number of nitrogens with zero attached hydrogens (tertiary/aromatic N) is 4. The lowest BCUT2D eigenvalue weighted by molar-refractivity contribution is 0.0691. The third kappa shape index (κ3) is 4.13. The number of aryl methyl sites for hydroxylation is 1. The van der Waals surface area contributed by atoms with Crippen LogP contribution in [0.4, 0.5) is 11.5 Å². The van der Waals surface area contributed by atoms with E-state index in [0.29, 0.717) is 11.6 Å². The Kier molecular flexibility index (Phi) is 5.51. The van der Waals surface area contributed by atoms with Gasteiger partial charge in [0.1, 0.15) is 11.5 Å². The van der Waals surface area contributed by atoms with Crippen molar-refractivity contribution >= 4 is 17.4 Å². The zero-order chi connectivity index (χ0) is 19.5. The lowest BCUT2D eigenvalue weighted by Crippen LogP contribution is -2.47. The molecule has 2 fully saturated rings. The van der Waals surface area contributed by atoms with E-state index in [4.69, 9.17) is 4.98 Å². The number of aromatic nitrogens is 1. The molecule has 5 heteroatoms. The molecule has 5 nitrogen and oxygen atoms in total. The summed E-state index contributed by atoms with van der Waals surface area (Å²) in [5, 5.41) is 0. The number of pyridine rings is 1. The third-order valence-electron chi connectivity index (χ3n) is 6.03. The van der Waals surface area contributed by atoms with Crippen LogP contribution in [-0.2, 0) is 0 Å². The maximum atomic E-state index is 12.8. The van der Waals surface area contributed by atoms with E-state index >= 15 is 0 Å². The first-order valence-electron chi connectivity index (χ1n) is 10.4. The Balaban J connectivity index is 1.39. The molecule has 28 heavy (non-hydrogen) atoms. The zero-order valence-corrected chi connectivity index (χ0v) is 17.0. The van der Waals surface area contributed by atoms with Crippen LogP contribution >= 0.6 is 0 Å². The minimum absolute atomic E-state index is 0.0760.